The van der Waals surface area contributed by atoms with E-state index in [0.717, 1.165) is 73.3 Å². The summed E-state index contributed by atoms with van der Waals surface area (Å²) >= 11 is 0. The smallest absolute Gasteiger partial charge is 0.222 e. The summed E-state index contributed by atoms with van der Waals surface area (Å²) in [5, 5.41) is 0. The van der Waals surface area contributed by atoms with E-state index in [1.165, 1.54) is 11.9 Å². The summed E-state index contributed by atoms with van der Waals surface area (Å²) in [6.45, 7) is 5.75. The average Bonchev–Trinajstić information content (AvgIpc) is 3.25. The van der Waals surface area contributed by atoms with E-state index in [4.69, 9.17) is 21.9 Å². The van der Waals surface area contributed by atoms with Crippen molar-refractivity contribution in [2.45, 2.75) is 69.9 Å². The Morgan fingerprint density at radius 2 is 1.91 bits per heavy atom. The molecule has 2 aromatic rings. The molecule has 8 heteroatoms. The lowest BCUT2D eigenvalue weighted by molar-refractivity contribution is -0.121. The van der Waals surface area contributed by atoms with Gasteiger partial charge in [0, 0.05) is 30.3 Å². The molecule has 1 saturated carbocycles. The van der Waals surface area contributed by atoms with Crippen LogP contribution in [0.25, 0.3) is 11.3 Å². The van der Waals surface area contributed by atoms with Gasteiger partial charge in [0.05, 0.1) is 23.4 Å². The van der Waals surface area contributed by atoms with Crippen molar-refractivity contribution >= 4 is 17.4 Å². The van der Waals surface area contributed by atoms with Crippen molar-refractivity contribution in [1.29, 1.82) is 0 Å². The van der Waals surface area contributed by atoms with Gasteiger partial charge in [-0.3, -0.25) is 4.79 Å². The number of fused-ring (bicyclic) bond motifs is 3. The Bertz CT molecular complexity index is 1080. The second-order valence-corrected chi connectivity index (χ2v) is 10.5. The predicted octanol–water partition coefficient (Wildman–Crippen LogP) is 2.52. The number of nitrogens with two attached hydrogens (primary N) is 3. The Labute approximate surface area is 194 Å². The van der Waals surface area contributed by atoms with E-state index >= 15 is 0 Å². The molecule has 2 heterocycles. The van der Waals surface area contributed by atoms with Crippen molar-refractivity contribution in [3.8, 4) is 17.0 Å². The van der Waals surface area contributed by atoms with Gasteiger partial charge in [-0.25, -0.2) is 9.97 Å². The number of rotatable bonds is 4. The van der Waals surface area contributed by atoms with Gasteiger partial charge < -0.3 is 26.8 Å². The summed E-state index contributed by atoms with van der Waals surface area (Å²) in [4.78, 5) is 23.1. The Morgan fingerprint density at radius 1 is 1.15 bits per heavy atom. The normalized spacial score (nSPS) is 25.9. The monoisotopic (exact) mass is 450 g/mol. The molecule has 1 aromatic carbocycles. The highest BCUT2D eigenvalue weighted by Crippen LogP contribution is 2.50. The highest BCUT2D eigenvalue weighted by molar-refractivity contribution is 5.84. The fourth-order valence-corrected chi connectivity index (χ4v) is 5.84. The molecule has 6 N–H and O–H groups in total. The van der Waals surface area contributed by atoms with Gasteiger partial charge in [0.1, 0.15) is 17.9 Å². The maximum atomic E-state index is 11.9. The second-order valence-electron chi connectivity index (χ2n) is 10.5. The molecule has 8 nitrogen and oxygen atoms in total. The summed E-state index contributed by atoms with van der Waals surface area (Å²) in [6, 6.07) is 4.43. The van der Waals surface area contributed by atoms with Gasteiger partial charge in [0.25, 0.3) is 0 Å². The predicted molar refractivity (Wildman–Crippen MR) is 129 cm³/mol. The number of primary amides is 1. The highest BCUT2D eigenvalue weighted by atomic mass is 16.5. The number of amides is 1. The minimum absolute atomic E-state index is 0.150. The maximum absolute atomic E-state index is 11.9. The van der Waals surface area contributed by atoms with E-state index in [1.54, 1.807) is 0 Å². The van der Waals surface area contributed by atoms with E-state index in [0.29, 0.717) is 12.4 Å². The van der Waals surface area contributed by atoms with Crippen LogP contribution in [0.3, 0.4) is 0 Å². The van der Waals surface area contributed by atoms with Gasteiger partial charge in [-0.05, 0) is 61.6 Å². The number of nitrogens with zero attached hydrogens (tertiary/aromatic N) is 3. The lowest BCUT2D eigenvalue weighted by atomic mass is 9.71. The van der Waals surface area contributed by atoms with E-state index < -0.39 is 0 Å². The number of carbonyl (C=O) groups is 1. The fraction of sp³-hybridized carbons (Fsp3) is 0.560. The number of ether oxygens (including phenoxy) is 1. The number of hydrogen-bond donors (Lipinski definition) is 3. The number of aromatic nitrogens is 2. The van der Waals surface area contributed by atoms with Crippen LogP contribution in [0.2, 0.25) is 0 Å². The van der Waals surface area contributed by atoms with Gasteiger partial charge in [-0.2, -0.15) is 0 Å². The fourth-order valence-electron chi connectivity index (χ4n) is 5.84. The maximum Gasteiger partial charge on any atom is 0.222 e. The zero-order valence-corrected chi connectivity index (χ0v) is 19.5. The number of hydrogen-bond acceptors (Lipinski definition) is 7. The standard InChI is InChI=1S/C25H34N6O2/c1-25(2)11-18-17(21-20(25)23(27)30-13-29-21)7-8-19(33-16-5-3-15(26)4-6-16)22(18)31-10-9-14(12-31)24(28)32/h7-8,13-16H,3-6,9-12,26H2,1-2H3,(H2,28,32)(H2,27,29,30)/t14?,15-,16-. The van der Waals surface area contributed by atoms with Crippen molar-refractivity contribution in [1.82, 2.24) is 9.97 Å². The molecule has 2 fully saturated rings. The van der Waals surface area contributed by atoms with Crippen molar-refractivity contribution in [2.24, 2.45) is 17.4 Å². The number of carbonyl (C=O) groups excluding carboxylic acids is 1. The highest BCUT2D eigenvalue weighted by Gasteiger charge is 2.39. The van der Waals surface area contributed by atoms with Crippen LogP contribution >= 0.6 is 0 Å². The Balaban J connectivity index is 1.61. The summed E-state index contributed by atoms with van der Waals surface area (Å²) in [5.74, 6) is 1.02. The van der Waals surface area contributed by atoms with E-state index in [1.807, 2.05) is 0 Å². The molecule has 5 rings (SSSR count). The van der Waals surface area contributed by atoms with Gasteiger partial charge >= 0.3 is 0 Å². The van der Waals surface area contributed by atoms with Crippen LogP contribution in [-0.4, -0.2) is 41.1 Å². The van der Waals surface area contributed by atoms with Crippen LogP contribution in [-0.2, 0) is 16.6 Å². The zero-order valence-electron chi connectivity index (χ0n) is 19.5. The Morgan fingerprint density at radius 3 is 2.61 bits per heavy atom. The number of benzene rings is 1. The Kier molecular flexibility index (Phi) is 5.43. The van der Waals surface area contributed by atoms with Gasteiger partial charge in [0.2, 0.25) is 5.91 Å². The van der Waals surface area contributed by atoms with Crippen LogP contribution in [0.1, 0.15) is 57.1 Å². The first kappa shape index (κ1) is 21.9. The first-order valence-electron chi connectivity index (χ1n) is 12.0. The van der Waals surface area contributed by atoms with Gasteiger partial charge in [0.15, 0.2) is 0 Å². The second kappa shape index (κ2) is 8.17. The molecule has 1 unspecified atom stereocenters. The lowest BCUT2D eigenvalue weighted by Crippen LogP contribution is -2.34. The first-order chi connectivity index (χ1) is 15.7. The third kappa shape index (κ3) is 3.90. The van der Waals surface area contributed by atoms with Gasteiger partial charge in [-0.15, -0.1) is 0 Å². The largest absolute Gasteiger partial charge is 0.488 e. The summed E-state index contributed by atoms with van der Waals surface area (Å²) < 4.78 is 6.62. The van der Waals surface area contributed by atoms with Crippen molar-refractivity contribution in [2.75, 3.05) is 23.7 Å². The summed E-state index contributed by atoms with van der Waals surface area (Å²) in [6.07, 6.45) is 7.10. The molecule has 0 radical (unpaired) electrons. The summed E-state index contributed by atoms with van der Waals surface area (Å²) in [5.41, 5.74) is 23.1. The van der Waals surface area contributed by atoms with Gasteiger partial charge in [-0.1, -0.05) is 13.8 Å². The topological polar surface area (TPSA) is 133 Å². The molecular formula is C25H34N6O2. The molecule has 1 amide bonds. The molecule has 0 spiro atoms. The first-order valence-corrected chi connectivity index (χ1v) is 12.0. The summed E-state index contributed by atoms with van der Waals surface area (Å²) in [7, 11) is 0. The van der Waals surface area contributed by atoms with Crippen LogP contribution in [0.15, 0.2) is 18.5 Å². The SMILES string of the molecule is CC1(C)Cc2c(ccc(O[C@H]3CC[C@H](N)CC3)c2N2CCC(C(N)=O)C2)-c2ncnc(N)c21. The quantitative estimate of drug-likeness (QED) is 0.652. The molecular weight excluding hydrogens is 416 g/mol. The minimum Gasteiger partial charge on any atom is -0.488 e. The Hall–Kier alpha value is -2.87. The lowest BCUT2D eigenvalue weighted by Gasteiger charge is -2.37. The van der Waals surface area contributed by atoms with Crippen LogP contribution in [0.5, 0.6) is 5.75 Å². The van der Waals surface area contributed by atoms with Crippen LogP contribution in [0, 0.1) is 5.92 Å². The number of nitrogen functional groups attached to an aromatic ring is 1. The van der Waals surface area contributed by atoms with E-state index in [9.17, 15) is 4.79 Å². The average molecular weight is 451 g/mol. The van der Waals surface area contributed by atoms with Crippen molar-refractivity contribution in [3.63, 3.8) is 0 Å². The molecule has 33 heavy (non-hydrogen) atoms. The third-order valence-corrected chi connectivity index (χ3v) is 7.59. The number of anilines is 2. The molecule has 176 valence electrons. The molecule has 1 saturated heterocycles. The third-order valence-electron chi connectivity index (χ3n) is 7.59. The minimum atomic E-state index is -0.239. The molecule has 1 aliphatic heterocycles. The van der Waals surface area contributed by atoms with Crippen molar-refractivity contribution < 1.29 is 9.53 Å². The van der Waals surface area contributed by atoms with Crippen LogP contribution in [0.4, 0.5) is 11.5 Å². The molecule has 0 bridgehead atoms. The molecule has 1 atom stereocenters. The van der Waals surface area contributed by atoms with Crippen molar-refractivity contribution in [3.05, 3.63) is 29.6 Å². The molecule has 1 aromatic heterocycles. The molecule has 3 aliphatic rings. The van der Waals surface area contributed by atoms with E-state index in [-0.39, 0.29) is 29.4 Å². The molecule has 2 aliphatic carbocycles. The zero-order chi connectivity index (χ0) is 23.3. The van der Waals surface area contributed by atoms with E-state index in [2.05, 4.69) is 40.8 Å². The van der Waals surface area contributed by atoms with Crippen LogP contribution < -0.4 is 26.8 Å².